The van der Waals surface area contributed by atoms with Gasteiger partial charge in [-0.05, 0) is 36.8 Å². The largest absolute Gasteiger partial charge is 0.416 e. The number of ketones is 1. The summed E-state index contributed by atoms with van der Waals surface area (Å²) in [5.41, 5.74) is 0.135. The molecule has 8 heteroatoms. The van der Waals surface area contributed by atoms with Crippen LogP contribution in [0.5, 0.6) is 0 Å². The smallest absolute Gasteiger partial charge is 0.292 e. The van der Waals surface area contributed by atoms with Crippen molar-refractivity contribution in [1.82, 2.24) is 4.72 Å². The van der Waals surface area contributed by atoms with Gasteiger partial charge in [-0.25, -0.2) is 8.42 Å². The van der Waals surface area contributed by atoms with Crippen LogP contribution in [0, 0.1) is 6.92 Å². The van der Waals surface area contributed by atoms with Crippen LogP contribution in [0.2, 0.25) is 0 Å². The average Bonchev–Trinajstić information content (AvgIpc) is 2.85. The third-order valence-electron chi connectivity index (χ3n) is 4.51. The molecule has 0 saturated carbocycles. The predicted molar refractivity (Wildman–Crippen MR) is 94.0 cm³/mol. The molecule has 3 rings (SSSR count). The molecule has 0 bridgehead atoms. The number of nitrogens with one attached hydrogen (secondary N) is 1. The van der Waals surface area contributed by atoms with Gasteiger partial charge in [0.05, 0.1) is 16.5 Å². The Kier molecular flexibility index (Phi) is 4.73. The number of benzene rings is 2. The molecule has 2 aromatic carbocycles. The molecular formula is C19H16F3NO3S. The third kappa shape index (κ3) is 3.54. The van der Waals surface area contributed by atoms with E-state index in [1.807, 2.05) is 0 Å². The van der Waals surface area contributed by atoms with Gasteiger partial charge in [-0.2, -0.15) is 17.9 Å². The second kappa shape index (κ2) is 6.61. The highest BCUT2D eigenvalue weighted by Crippen LogP contribution is 2.39. The van der Waals surface area contributed by atoms with Gasteiger partial charge in [0.1, 0.15) is 0 Å². The lowest BCUT2D eigenvalue weighted by Gasteiger charge is -2.18. The van der Waals surface area contributed by atoms with Crippen LogP contribution in [0.15, 0.2) is 60.0 Å². The average molecular weight is 395 g/mol. The van der Waals surface area contributed by atoms with Gasteiger partial charge in [-0.15, -0.1) is 6.58 Å². The van der Waals surface area contributed by atoms with Gasteiger partial charge in [0.15, 0.2) is 5.78 Å². The van der Waals surface area contributed by atoms with Gasteiger partial charge in [0, 0.05) is 11.5 Å². The Morgan fingerprint density at radius 3 is 2.30 bits per heavy atom. The summed E-state index contributed by atoms with van der Waals surface area (Å²) in [5.74, 6) is -1.48. The minimum atomic E-state index is -4.57. The quantitative estimate of drug-likeness (QED) is 0.801. The van der Waals surface area contributed by atoms with E-state index in [1.165, 1.54) is 18.2 Å². The standard InChI is InChI=1S/C19H16F3NO3S/c1-3-14-16-10-12(19(20,21)22)6-9-15(16)18(24)17(14)23-27(25,26)13-7-4-11(2)5-8-13/h3-10,14,17,23H,1H2,2H3/t14-,17+/m1/s1. The second-order valence-electron chi connectivity index (χ2n) is 6.34. The summed E-state index contributed by atoms with van der Waals surface area (Å²) in [6, 6.07) is 7.54. The number of hydrogen-bond donors (Lipinski definition) is 1. The fourth-order valence-electron chi connectivity index (χ4n) is 3.09. The van der Waals surface area contributed by atoms with Crippen molar-refractivity contribution in [3.05, 3.63) is 77.4 Å². The number of hydrogen-bond acceptors (Lipinski definition) is 3. The number of fused-ring (bicyclic) bond motifs is 1. The summed E-state index contributed by atoms with van der Waals surface area (Å²) in [5, 5.41) is 0. The highest BCUT2D eigenvalue weighted by molar-refractivity contribution is 7.89. The topological polar surface area (TPSA) is 63.2 Å². The predicted octanol–water partition coefficient (Wildman–Crippen LogP) is 3.83. The van der Waals surface area contributed by atoms with Gasteiger partial charge in [0.25, 0.3) is 0 Å². The molecule has 0 amide bonds. The molecule has 0 saturated heterocycles. The molecule has 142 valence electrons. The minimum absolute atomic E-state index is 0.0318. The summed E-state index contributed by atoms with van der Waals surface area (Å²) in [6.07, 6.45) is -3.28. The molecule has 27 heavy (non-hydrogen) atoms. The summed E-state index contributed by atoms with van der Waals surface area (Å²) in [4.78, 5) is 12.6. The van der Waals surface area contributed by atoms with Crippen LogP contribution >= 0.6 is 0 Å². The molecule has 0 spiro atoms. The third-order valence-corrected chi connectivity index (χ3v) is 5.97. The van der Waals surface area contributed by atoms with Crippen molar-refractivity contribution < 1.29 is 26.4 Å². The van der Waals surface area contributed by atoms with Crippen LogP contribution in [0.25, 0.3) is 0 Å². The SMILES string of the molecule is C=C[C@@H]1c2cc(C(F)(F)F)ccc2C(=O)[C@H]1NS(=O)(=O)c1ccc(C)cc1. The molecule has 1 aliphatic carbocycles. The molecule has 2 aromatic rings. The number of Topliss-reactive ketones (excluding diaryl/α,β-unsaturated/α-hetero) is 1. The van der Waals surface area contributed by atoms with Crippen LogP contribution in [-0.4, -0.2) is 20.2 Å². The van der Waals surface area contributed by atoms with Crippen LogP contribution in [-0.2, 0) is 16.2 Å². The van der Waals surface area contributed by atoms with Crippen molar-refractivity contribution in [3.8, 4) is 0 Å². The molecule has 4 nitrogen and oxygen atoms in total. The van der Waals surface area contributed by atoms with Crippen LogP contribution in [0.1, 0.15) is 33.0 Å². The first-order valence-electron chi connectivity index (χ1n) is 8.01. The normalized spacial score (nSPS) is 19.8. The van der Waals surface area contributed by atoms with E-state index in [2.05, 4.69) is 11.3 Å². The lowest BCUT2D eigenvalue weighted by Crippen LogP contribution is -2.40. The molecule has 0 radical (unpaired) electrons. The van der Waals surface area contributed by atoms with E-state index in [4.69, 9.17) is 0 Å². The number of carbonyl (C=O) groups excluding carboxylic acids is 1. The lowest BCUT2D eigenvalue weighted by molar-refractivity contribution is -0.137. The minimum Gasteiger partial charge on any atom is -0.292 e. The maximum Gasteiger partial charge on any atom is 0.416 e. The van der Waals surface area contributed by atoms with Gasteiger partial charge in [-0.3, -0.25) is 4.79 Å². The van der Waals surface area contributed by atoms with Crippen molar-refractivity contribution in [1.29, 1.82) is 0 Å². The highest BCUT2D eigenvalue weighted by atomic mass is 32.2. The van der Waals surface area contributed by atoms with Crippen molar-refractivity contribution in [2.24, 2.45) is 0 Å². The van der Waals surface area contributed by atoms with E-state index < -0.39 is 39.5 Å². The van der Waals surface area contributed by atoms with Crippen LogP contribution in [0.4, 0.5) is 13.2 Å². The van der Waals surface area contributed by atoms with E-state index in [-0.39, 0.29) is 16.0 Å². The van der Waals surface area contributed by atoms with E-state index in [0.29, 0.717) is 0 Å². The number of halogens is 3. The number of rotatable bonds is 4. The summed E-state index contributed by atoms with van der Waals surface area (Å²) in [7, 11) is -4.03. The van der Waals surface area contributed by atoms with E-state index >= 15 is 0 Å². The summed E-state index contributed by atoms with van der Waals surface area (Å²) < 4.78 is 66.5. The molecule has 0 fully saturated rings. The fourth-order valence-corrected chi connectivity index (χ4v) is 4.31. The molecule has 1 aliphatic rings. The molecular weight excluding hydrogens is 379 g/mol. The zero-order chi connectivity index (χ0) is 20.0. The zero-order valence-corrected chi connectivity index (χ0v) is 15.1. The second-order valence-corrected chi connectivity index (χ2v) is 8.05. The Hall–Kier alpha value is -2.45. The fraction of sp³-hybridized carbons (Fsp3) is 0.211. The van der Waals surface area contributed by atoms with Crippen molar-refractivity contribution in [2.45, 2.75) is 30.0 Å². The monoisotopic (exact) mass is 395 g/mol. The number of aryl methyl sites for hydroxylation is 1. The first-order chi connectivity index (χ1) is 12.5. The van der Waals surface area contributed by atoms with Crippen LogP contribution in [0.3, 0.4) is 0 Å². The van der Waals surface area contributed by atoms with Crippen LogP contribution < -0.4 is 4.72 Å². The van der Waals surface area contributed by atoms with Gasteiger partial charge < -0.3 is 0 Å². The van der Waals surface area contributed by atoms with Gasteiger partial charge in [0.2, 0.25) is 10.0 Å². The molecule has 0 aromatic heterocycles. The Labute approximate surface area is 154 Å². The Morgan fingerprint density at radius 1 is 1.11 bits per heavy atom. The van der Waals surface area contributed by atoms with E-state index in [9.17, 15) is 26.4 Å². The van der Waals surface area contributed by atoms with Crippen molar-refractivity contribution in [3.63, 3.8) is 0 Å². The maximum atomic E-state index is 13.0. The van der Waals surface area contributed by atoms with Gasteiger partial charge in [-0.1, -0.05) is 29.8 Å². The number of carbonyl (C=O) groups is 1. The zero-order valence-electron chi connectivity index (χ0n) is 14.2. The molecule has 1 N–H and O–H groups in total. The lowest BCUT2D eigenvalue weighted by atomic mass is 9.97. The Balaban J connectivity index is 1.98. The summed E-state index contributed by atoms with van der Waals surface area (Å²) in [6.45, 7) is 5.36. The highest BCUT2D eigenvalue weighted by Gasteiger charge is 2.42. The first kappa shape index (κ1) is 19.3. The molecule has 0 aliphatic heterocycles. The first-order valence-corrected chi connectivity index (χ1v) is 9.50. The number of sulfonamides is 1. The Bertz CT molecular complexity index is 1010. The maximum absolute atomic E-state index is 13.0. The van der Waals surface area contributed by atoms with Crippen molar-refractivity contribution >= 4 is 15.8 Å². The van der Waals surface area contributed by atoms with Crippen molar-refractivity contribution in [2.75, 3.05) is 0 Å². The summed E-state index contributed by atoms with van der Waals surface area (Å²) >= 11 is 0. The Morgan fingerprint density at radius 2 is 1.74 bits per heavy atom. The number of alkyl halides is 3. The van der Waals surface area contributed by atoms with E-state index in [0.717, 1.165) is 23.8 Å². The molecule has 0 heterocycles. The van der Waals surface area contributed by atoms with Gasteiger partial charge >= 0.3 is 6.18 Å². The molecule has 0 unspecified atom stereocenters. The van der Waals surface area contributed by atoms with E-state index in [1.54, 1.807) is 19.1 Å². The molecule has 2 atom stereocenters.